The zero-order chi connectivity index (χ0) is 18.5. The van der Waals surface area contributed by atoms with Gasteiger partial charge in [-0.05, 0) is 48.7 Å². The molecule has 5 nitrogen and oxygen atoms in total. The minimum Gasteiger partial charge on any atom is -0.492 e. The summed E-state index contributed by atoms with van der Waals surface area (Å²) in [6.45, 7) is 4.97. The van der Waals surface area contributed by atoms with Crippen LogP contribution in [0.5, 0.6) is 5.75 Å². The van der Waals surface area contributed by atoms with Gasteiger partial charge in [0, 0.05) is 19.2 Å². The van der Waals surface area contributed by atoms with Crippen LogP contribution in [0.15, 0.2) is 42.5 Å². The van der Waals surface area contributed by atoms with Crippen LogP contribution >= 0.6 is 0 Å². The summed E-state index contributed by atoms with van der Waals surface area (Å²) in [5.74, 6) is 0.856. The van der Waals surface area contributed by atoms with E-state index in [1.54, 1.807) is 0 Å². The molecule has 3 aromatic rings. The third kappa shape index (κ3) is 4.23. The predicted molar refractivity (Wildman–Crippen MR) is 103 cm³/mol. The number of hydrogen-bond acceptors (Lipinski definition) is 3. The summed E-state index contributed by atoms with van der Waals surface area (Å²) in [6, 6.07) is 14.2. The molecule has 0 fully saturated rings. The van der Waals surface area contributed by atoms with Crippen molar-refractivity contribution in [2.45, 2.75) is 26.7 Å². The first-order chi connectivity index (χ1) is 12.5. The minimum absolute atomic E-state index is 0.0368. The molecule has 0 bridgehead atoms. The van der Waals surface area contributed by atoms with Crippen LogP contribution in [-0.2, 0) is 18.3 Å². The van der Waals surface area contributed by atoms with Crippen molar-refractivity contribution in [2.24, 2.45) is 7.05 Å². The topological polar surface area (TPSA) is 56.2 Å². The summed E-state index contributed by atoms with van der Waals surface area (Å²) in [6.07, 6.45) is 1.17. The monoisotopic (exact) mass is 351 g/mol. The zero-order valence-corrected chi connectivity index (χ0v) is 15.6. The SMILES string of the molecule is Cc1nn(C)c(C)c1CCC(=O)NCCOc1ccc2ccccc2c1. The number of ether oxygens (including phenoxy) is 1. The summed E-state index contributed by atoms with van der Waals surface area (Å²) in [5, 5.41) is 9.64. The Morgan fingerprint density at radius 2 is 1.92 bits per heavy atom. The number of rotatable bonds is 7. The fourth-order valence-corrected chi connectivity index (χ4v) is 3.12. The average molecular weight is 351 g/mol. The van der Waals surface area contributed by atoms with E-state index in [1.165, 1.54) is 5.39 Å². The molecule has 0 saturated heterocycles. The Labute approximate surface area is 154 Å². The number of nitrogens with one attached hydrogen (secondary N) is 1. The number of fused-ring (bicyclic) bond motifs is 1. The van der Waals surface area contributed by atoms with E-state index in [-0.39, 0.29) is 5.91 Å². The molecule has 1 amide bonds. The van der Waals surface area contributed by atoms with Crippen LogP contribution in [0.25, 0.3) is 10.8 Å². The Hall–Kier alpha value is -2.82. The van der Waals surface area contributed by atoms with E-state index < -0.39 is 0 Å². The van der Waals surface area contributed by atoms with Gasteiger partial charge in [0.1, 0.15) is 12.4 Å². The lowest BCUT2D eigenvalue weighted by molar-refractivity contribution is -0.121. The van der Waals surface area contributed by atoms with E-state index in [0.717, 1.165) is 28.1 Å². The molecule has 0 aliphatic rings. The second-order valence-electron chi connectivity index (χ2n) is 6.48. The smallest absolute Gasteiger partial charge is 0.220 e. The lowest BCUT2D eigenvalue weighted by Crippen LogP contribution is -2.28. The first-order valence-corrected chi connectivity index (χ1v) is 8.92. The van der Waals surface area contributed by atoms with Crippen LogP contribution in [0, 0.1) is 13.8 Å². The van der Waals surface area contributed by atoms with Crippen LogP contribution in [-0.4, -0.2) is 28.8 Å². The van der Waals surface area contributed by atoms with Crippen molar-refractivity contribution in [2.75, 3.05) is 13.2 Å². The summed E-state index contributed by atoms with van der Waals surface area (Å²) in [7, 11) is 1.93. The van der Waals surface area contributed by atoms with E-state index in [1.807, 2.05) is 55.9 Å². The van der Waals surface area contributed by atoms with E-state index in [9.17, 15) is 4.79 Å². The third-order valence-corrected chi connectivity index (χ3v) is 4.67. The molecule has 136 valence electrons. The van der Waals surface area contributed by atoms with Gasteiger partial charge < -0.3 is 10.1 Å². The molecule has 0 atom stereocenters. The van der Waals surface area contributed by atoms with Gasteiger partial charge in [0.15, 0.2) is 0 Å². The van der Waals surface area contributed by atoms with Gasteiger partial charge in [-0.15, -0.1) is 0 Å². The minimum atomic E-state index is 0.0368. The van der Waals surface area contributed by atoms with Crippen molar-refractivity contribution in [1.82, 2.24) is 15.1 Å². The molecule has 0 aliphatic carbocycles. The lowest BCUT2D eigenvalue weighted by atomic mass is 10.1. The highest BCUT2D eigenvalue weighted by Crippen LogP contribution is 2.20. The van der Waals surface area contributed by atoms with Crippen molar-refractivity contribution in [1.29, 1.82) is 0 Å². The molecule has 26 heavy (non-hydrogen) atoms. The number of carbonyl (C=O) groups excluding carboxylic acids is 1. The van der Waals surface area contributed by atoms with E-state index in [0.29, 0.717) is 26.0 Å². The zero-order valence-electron chi connectivity index (χ0n) is 15.6. The number of nitrogens with zero attached hydrogens (tertiary/aromatic N) is 2. The maximum absolute atomic E-state index is 12.0. The molecule has 1 heterocycles. The summed E-state index contributed by atoms with van der Waals surface area (Å²) in [5.41, 5.74) is 3.28. The Kier molecular flexibility index (Phi) is 5.56. The molecule has 1 aromatic heterocycles. The van der Waals surface area contributed by atoms with Gasteiger partial charge in [-0.25, -0.2) is 0 Å². The molecule has 0 unspecified atom stereocenters. The lowest BCUT2D eigenvalue weighted by Gasteiger charge is -2.09. The van der Waals surface area contributed by atoms with Crippen molar-refractivity contribution in [3.8, 4) is 5.75 Å². The second kappa shape index (κ2) is 8.04. The van der Waals surface area contributed by atoms with Gasteiger partial charge in [0.05, 0.1) is 12.2 Å². The van der Waals surface area contributed by atoms with Crippen LogP contribution in [0.4, 0.5) is 0 Å². The normalized spacial score (nSPS) is 10.9. The molecule has 3 rings (SSSR count). The Bertz CT molecular complexity index is 915. The summed E-state index contributed by atoms with van der Waals surface area (Å²) < 4.78 is 7.60. The van der Waals surface area contributed by atoms with Crippen LogP contribution < -0.4 is 10.1 Å². The number of benzene rings is 2. The Morgan fingerprint density at radius 1 is 1.15 bits per heavy atom. The molecule has 0 radical (unpaired) electrons. The fraction of sp³-hybridized carbons (Fsp3) is 0.333. The van der Waals surface area contributed by atoms with Crippen molar-refractivity contribution < 1.29 is 9.53 Å². The maximum Gasteiger partial charge on any atom is 0.220 e. The highest BCUT2D eigenvalue weighted by Gasteiger charge is 2.11. The third-order valence-electron chi connectivity index (χ3n) is 4.67. The van der Waals surface area contributed by atoms with Gasteiger partial charge in [0.2, 0.25) is 5.91 Å². The van der Waals surface area contributed by atoms with Crippen LogP contribution in [0.3, 0.4) is 0 Å². The molecule has 0 spiro atoms. The van der Waals surface area contributed by atoms with Crippen LogP contribution in [0.1, 0.15) is 23.4 Å². The number of carbonyl (C=O) groups is 1. The van der Waals surface area contributed by atoms with Gasteiger partial charge in [-0.3, -0.25) is 9.48 Å². The van der Waals surface area contributed by atoms with Gasteiger partial charge in [0.25, 0.3) is 0 Å². The quantitative estimate of drug-likeness (QED) is 0.665. The summed E-state index contributed by atoms with van der Waals surface area (Å²) >= 11 is 0. The number of hydrogen-bond donors (Lipinski definition) is 1. The first kappa shape index (κ1) is 18.0. The molecule has 5 heteroatoms. The number of aryl methyl sites for hydroxylation is 2. The molecular weight excluding hydrogens is 326 g/mol. The van der Waals surface area contributed by atoms with Crippen molar-refractivity contribution in [3.63, 3.8) is 0 Å². The van der Waals surface area contributed by atoms with Crippen molar-refractivity contribution >= 4 is 16.7 Å². The first-order valence-electron chi connectivity index (χ1n) is 8.92. The highest BCUT2D eigenvalue weighted by molar-refractivity contribution is 5.83. The van der Waals surface area contributed by atoms with Gasteiger partial charge >= 0.3 is 0 Å². The van der Waals surface area contributed by atoms with Gasteiger partial charge in [-0.2, -0.15) is 5.10 Å². The van der Waals surface area contributed by atoms with Crippen molar-refractivity contribution in [3.05, 3.63) is 59.4 Å². The van der Waals surface area contributed by atoms with E-state index in [4.69, 9.17) is 4.74 Å². The molecule has 1 N–H and O–H groups in total. The van der Waals surface area contributed by atoms with Crippen LogP contribution in [0.2, 0.25) is 0 Å². The second-order valence-corrected chi connectivity index (χ2v) is 6.48. The summed E-state index contributed by atoms with van der Waals surface area (Å²) in [4.78, 5) is 12.0. The molecule has 0 aliphatic heterocycles. The van der Waals surface area contributed by atoms with E-state index >= 15 is 0 Å². The standard InChI is InChI=1S/C21H25N3O2/c1-15-20(16(2)24(3)23-15)10-11-21(25)22-12-13-26-19-9-8-17-6-4-5-7-18(17)14-19/h4-9,14H,10-13H2,1-3H3,(H,22,25). The molecular formula is C21H25N3O2. The number of amides is 1. The Morgan fingerprint density at radius 3 is 2.65 bits per heavy atom. The average Bonchev–Trinajstić information content (AvgIpc) is 2.88. The number of aromatic nitrogens is 2. The van der Waals surface area contributed by atoms with Gasteiger partial charge in [-0.1, -0.05) is 30.3 Å². The maximum atomic E-state index is 12.0. The fourth-order valence-electron chi connectivity index (χ4n) is 3.12. The Balaban J connectivity index is 1.42. The molecule has 2 aromatic carbocycles. The van der Waals surface area contributed by atoms with E-state index in [2.05, 4.69) is 22.5 Å². The predicted octanol–water partition coefficient (Wildman–Crippen LogP) is 3.32. The largest absolute Gasteiger partial charge is 0.492 e. The molecule has 0 saturated carbocycles. The highest BCUT2D eigenvalue weighted by atomic mass is 16.5.